The van der Waals surface area contributed by atoms with Gasteiger partial charge in [-0.25, -0.2) is 4.98 Å². The number of pyridine rings is 1. The third-order valence-corrected chi connectivity index (χ3v) is 4.88. The Morgan fingerprint density at radius 1 is 1.22 bits per heavy atom. The van der Waals surface area contributed by atoms with Crippen LogP contribution in [0, 0.1) is 6.92 Å². The summed E-state index contributed by atoms with van der Waals surface area (Å²) in [5, 5.41) is 3.89. The van der Waals surface area contributed by atoms with Gasteiger partial charge in [-0.2, -0.15) is 0 Å². The molecule has 6 nitrogen and oxygen atoms in total. The van der Waals surface area contributed by atoms with Gasteiger partial charge in [-0.15, -0.1) is 0 Å². The summed E-state index contributed by atoms with van der Waals surface area (Å²) >= 11 is 0. The van der Waals surface area contributed by atoms with Gasteiger partial charge < -0.3 is 14.9 Å². The molecule has 1 amide bonds. The molecule has 0 saturated carbocycles. The Bertz CT molecular complexity index is 1220. The number of aryl methyl sites for hydroxylation is 1. The van der Waals surface area contributed by atoms with Crippen LogP contribution in [0.1, 0.15) is 18.1 Å². The molecule has 0 radical (unpaired) electrons. The maximum atomic E-state index is 12.5. The van der Waals surface area contributed by atoms with E-state index in [1.165, 1.54) is 0 Å². The number of anilines is 1. The van der Waals surface area contributed by atoms with Gasteiger partial charge >= 0.3 is 0 Å². The largest absolute Gasteiger partial charge is 0.324 e. The van der Waals surface area contributed by atoms with Crippen LogP contribution in [-0.2, 0) is 17.8 Å². The average Bonchev–Trinajstić information content (AvgIpc) is 3.05. The van der Waals surface area contributed by atoms with Crippen LogP contribution in [0.15, 0.2) is 53.6 Å². The maximum Gasteiger partial charge on any atom is 0.251 e. The van der Waals surface area contributed by atoms with Gasteiger partial charge in [0.2, 0.25) is 5.91 Å². The number of rotatable bonds is 4. The molecule has 0 aliphatic heterocycles. The zero-order valence-corrected chi connectivity index (χ0v) is 15.2. The van der Waals surface area contributed by atoms with Gasteiger partial charge in [-0.3, -0.25) is 9.59 Å². The summed E-state index contributed by atoms with van der Waals surface area (Å²) in [7, 11) is 0. The van der Waals surface area contributed by atoms with E-state index in [1.54, 1.807) is 12.4 Å². The van der Waals surface area contributed by atoms with Crippen molar-refractivity contribution in [3.8, 4) is 0 Å². The Hall–Kier alpha value is -3.41. The monoisotopic (exact) mass is 360 g/mol. The highest BCUT2D eigenvalue weighted by molar-refractivity contribution is 5.94. The standard InChI is InChI=1S/C21H20N4O2/c1-3-15-13(2)16-9-8-14(10-18(16)24-21(15)27)23-20(26)11-25-12-22-17-6-4-5-7-19(17)25/h4-10,12H,3,11H2,1-2H3,(H,23,26)(H,24,27). The first-order valence-electron chi connectivity index (χ1n) is 8.92. The summed E-state index contributed by atoms with van der Waals surface area (Å²) in [6.45, 7) is 4.10. The van der Waals surface area contributed by atoms with Gasteiger partial charge in [-0.05, 0) is 43.2 Å². The minimum atomic E-state index is -0.151. The van der Waals surface area contributed by atoms with Gasteiger partial charge in [0.05, 0.1) is 22.9 Å². The molecule has 4 rings (SSSR count). The normalized spacial score (nSPS) is 11.2. The first kappa shape index (κ1) is 17.0. The number of aromatic amines is 1. The molecule has 0 aliphatic rings. The van der Waals surface area contributed by atoms with E-state index in [2.05, 4.69) is 15.3 Å². The van der Waals surface area contributed by atoms with Crippen LogP contribution in [-0.4, -0.2) is 20.4 Å². The van der Waals surface area contributed by atoms with Gasteiger partial charge in [0, 0.05) is 16.6 Å². The molecule has 0 saturated heterocycles. The van der Waals surface area contributed by atoms with E-state index in [1.807, 2.05) is 54.8 Å². The number of nitrogens with zero attached hydrogens (tertiary/aromatic N) is 2. The van der Waals surface area contributed by atoms with E-state index in [0.29, 0.717) is 12.1 Å². The molecule has 2 N–H and O–H groups in total. The topological polar surface area (TPSA) is 79.8 Å². The van der Waals surface area contributed by atoms with Crippen molar-refractivity contribution >= 4 is 33.5 Å². The second-order valence-electron chi connectivity index (χ2n) is 6.58. The Morgan fingerprint density at radius 3 is 2.85 bits per heavy atom. The van der Waals surface area contributed by atoms with Crippen molar-refractivity contribution in [2.75, 3.05) is 5.32 Å². The van der Waals surface area contributed by atoms with Crippen LogP contribution in [0.2, 0.25) is 0 Å². The van der Waals surface area contributed by atoms with E-state index < -0.39 is 0 Å². The highest BCUT2D eigenvalue weighted by atomic mass is 16.2. The summed E-state index contributed by atoms with van der Waals surface area (Å²) < 4.78 is 1.81. The predicted molar refractivity (Wildman–Crippen MR) is 107 cm³/mol. The molecule has 136 valence electrons. The van der Waals surface area contributed by atoms with Gasteiger partial charge in [-0.1, -0.05) is 25.1 Å². The highest BCUT2D eigenvalue weighted by Crippen LogP contribution is 2.21. The van der Waals surface area contributed by atoms with E-state index in [0.717, 1.165) is 33.1 Å². The molecule has 4 aromatic rings. The van der Waals surface area contributed by atoms with Crippen LogP contribution in [0.5, 0.6) is 0 Å². The van der Waals surface area contributed by atoms with Crippen molar-refractivity contribution in [3.63, 3.8) is 0 Å². The number of para-hydroxylation sites is 2. The Kier molecular flexibility index (Phi) is 4.24. The summed E-state index contributed by atoms with van der Waals surface area (Å²) in [6, 6.07) is 13.3. The molecule has 0 aliphatic carbocycles. The number of aromatic nitrogens is 3. The van der Waals surface area contributed by atoms with Gasteiger partial charge in [0.15, 0.2) is 0 Å². The summed E-state index contributed by atoms with van der Waals surface area (Å²) in [5.41, 5.74) is 4.85. The number of amides is 1. The Balaban J connectivity index is 1.59. The van der Waals surface area contributed by atoms with Crippen LogP contribution < -0.4 is 10.9 Å². The number of imidazole rings is 1. The molecule has 2 aromatic heterocycles. The van der Waals surface area contributed by atoms with Crippen LogP contribution in [0.25, 0.3) is 21.9 Å². The van der Waals surface area contributed by atoms with Crippen molar-refractivity contribution < 1.29 is 4.79 Å². The fourth-order valence-electron chi connectivity index (χ4n) is 3.50. The predicted octanol–water partition coefficient (Wildman–Crippen LogP) is 3.39. The third-order valence-electron chi connectivity index (χ3n) is 4.88. The summed E-state index contributed by atoms with van der Waals surface area (Å²) in [5.74, 6) is -0.151. The molecule has 2 heterocycles. The fraction of sp³-hybridized carbons (Fsp3) is 0.190. The quantitative estimate of drug-likeness (QED) is 0.585. The first-order chi connectivity index (χ1) is 13.1. The Labute approximate surface area is 155 Å². The van der Waals surface area contributed by atoms with Crippen molar-refractivity contribution in [2.45, 2.75) is 26.8 Å². The number of hydrogen-bond donors (Lipinski definition) is 2. The molecule has 0 fully saturated rings. The lowest BCUT2D eigenvalue weighted by Gasteiger charge is -2.10. The molecule has 0 bridgehead atoms. The lowest BCUT2D eigenvalue weighted by Crippen LogP contribution is -2.18. The summed E-state index contributed by atoms with van der Waals surface area (Å²) in [6.07, 6.45) is 2.35. The number of benzene rings is 2. The molecule has 27 heavy (non-hydrogen) atoms. The van der Waals surface area contributed by atoms with Gasteiger partial charge in [0.25, 0.3) is 5.56 Å². The molecular formula is C21H20N4O2. The van der Waals surface area contributed by atoms with E-state index in [-0.39, 0.29) is 18.0 Å². The maximum absolute atomic E-state index is 12.5. The zero-order valence-electron chi connectivity index (χ0n) is 15.2. The van der Waals surface area contributed by atoms with Crippen molar-refractivity contribution in [1.82, 2.24) is 14.5 Å². The van der Waals surface area contributed by atoms with Crippen molar-refractivity contribution in [3.05, 3.63) is 70.3 Å². The minimum absolute atomic E-state index is 0.0733. The molecule has 0 unspecified atom stereocenters. The van der Waals surface area contributed by atoms with Crippen LogP contribution in [0.3, 0.4) is 0 Å². The van der Waals surface area contributed by atoms with E-state index in [9.17, 15) is 9.59 Å². The number of carbonyl (C=O) groups excluding carboxylic acids is 1. The average molecular weight is 360 g/mol. The van der Waals surface area contributed by atoms with Crippen molar-refractivity contribution in [2.24, 2.45) is 0 Å². The number of nitrogens with one attached hydrogen (secondary N) is 2. The summed E-state index contributed by atoms with van der Waals surface area (Å²) in [4.78, 5) is 31.9. The molecule has 0 atom stereocenters. The second kappa shape index (κ2) is 6.72. The van der Waals surface area contributed by atoms with E-state index >= 15 is 0 Å². The van der Waals surface area contributed by atoms with Crippen molar-refractivity contribution in [1.29, 1.82) is 0 Å². The fourth-order valence-corrected chi connectivity index (χ4v) is 3.50. The second-order valence-corrected chi connectivity index (χ2v) is 6.58. The van der Waals surface area contributed by atoms with Crippen LogP contribution >= 0.6 is 0 Å². The SMILES string of the molecule is CCc1c(C)c2ccc(NC(=O)Cn3cnc4ccccc43)cc2[nH]c1=O. The molecular weight excluding hydrogens is 340 g/mol. The number of H-pyrrole nitrogens is 1. The minimum Gasteiger partial charge on any atom is -0.324 e. The molecule has 0 spiro atoms. The Morgan fingerprint density at radius 2 is 2.04 bits per heavy atom. The molecule has 2 aromatic carbocycles. The molecule has 6 heteroatoms. The van der Waals surface area contributed by atoms with Gasteiger partial charge in [0.1, 0.15) is 6.54 Å². The third kappa shape index (κ3) is 3.10. The first-order valence-corrected chi connectivity index (χ1v) is 8.92. The lowest BCUT2D eigenvalue weighted by atomic mass is 10.0. The number of carbonyl (C=O) groups is 1. The smallest absolute Gasteiger partial charge is 0.251 e. The number of hydrogen-bond acceptors (Lipinski definition) is 3. The zero-order chi connectivity index (χ0) is 19.0. The highest BCUT2D eigenvalue weighted by Gasteiger charge is 2.10. The van der Waals surface area contributed by atoms with E-state index in [4.69, 9.17) is 0 Å². The van der Waals surface area contributed by atoms with Crippen LogP contribution in [0.4, 0.5) is 5.69 Å². The lowest BCUT2D eigenvalue weighted by molar-refractivity contribution is -0.116. The number of fused-ring (bicyclic) bond motifs is 2.